The minimum absolute atomic E-state index is 0.318. The molecule has 1 atom stereocenters. The van der Waals surface area contributed by atoms with Crippen molar-refractivity contribution in [2.45, 2.75) is 38.5 Å². The average Bonchev–Trinajstić information content (AvgIpc) is 3.14. The van der Waals surface area contributed by atoms with E-state index in [-0.39, 0.29) is 11.2 Å². The third-order valence-corrected chi connectivity index (χ3v) is 5.24. The number of rotatable bonds is 10. The van der Waals surface area contributed by atoms with Crippen molar-refractivity contribution in [3.8, 4) is 5.75 Å². The molecule has 0 aliphatic rings. The summed E-state index contributed by atoms with van der Waals surface area (Å²) in [6.07, 6.45) is 2.99. The first-order chi connectivity index (χ1) is 14.4. The Kier molecular flexibility index (Phi) is 7.07. The number of imidazole rings is 1. The van der Waals surface area contributed by atoms with Crippen molar-refractivity contribution in [1.29, 1.82) is 0 Å². The molecular formula is C21H29N5O4. The number of fused-ring (bicyclic) bond motifs is 1. The van der Waals surface area contributed by atoms with Crippen molar-refractivity contribution in [3.05, 3.63) is 57.0 Å². The standard InChI is InChI=1S/C21H29N5O4/c1-24-14-23-19-18(24)20(28)26(21(29)25(19)2)11-5-4-6-16(27)13-22-12-15-7-9-17(30-3)10-8-15/h7-10,14,16,22,27H,4-6,11-13H2,1-3H3. The van der Waals surface area contributed by atoms with Gasteiger partial charge in [-0.1, -0.05) is 12.1 Å². The molecule has 9 heteroatoms. The van der Waals surface area contributed by atoms with Crippen LogP contribution in [0.5, 0.6) is 5.75 Å². The van der Waals surface area contributed by atoms with Crippen LogP contribution in [-0.2, 0) is 27.2 Å². The Morgan fingerprint density at radius 1 is 1.17 bits per heavy atom. The summed E-state index contributed by atoms with van der Waals surface area (Å²) >= 11 is 0. The lowest BCUT2D eigenvalue weighted by Crippen LogP contribution is -2.39. The highest BCUT2D eigenvalue weighted by Gasteiger charge is 2.14. The summed E-state index contributed by atoms with van der Waals surface area (Å²) in [5.41, 5.74) is 1.23. The Morgan fingerprint density at radius 3 is 2.60 bits per heavy atom. The predicted molar refractivity (Wildman–Crippen MR) is 115 cm³/mol. The second-order valence-corrected chi connectivity index (χ2v) is 7.45. The smallest absolute Gasteiger partial charge is 0.332 e. The van der Waals surface area contributed by atoms with Crippen LogP contribution in [0.2, 0.25) is 0 Å². The van der Waals surface area contributed by atoms with Crippen LogP contribution in [0, 0.1) is 0 Å². The number of aryl methyl sites for hydroxylation is 2. The molecule has 162 valence electrons. The Balaban J connectivity index is 1.46. The Morgan fingerprint density at radius 2 is 1.90 bits per heavy atom. The van der Waals surface area contributed by atoms with E-state index in [4.69, 9.17) is 4.74 Å². The Hall–Kier alpha value is -2.91. The molecule has 0 fully saturated rings. The summed E-state index contributed by atoms with van der Waals surface area (Å²) in [5.74, 6) is 0.815. The largest absolute Gasteiger partial charge is 0.497 e. The monoisotopic (exact) mass is 415 g/mol. The van der Waals surface area contributed by atoms with Crippen LogP contribution in [-0.4, -0.2) is 43.6 Å². The van der Waals surface area contributed by atoms with Gasteiger partial charge in [-0.3, -0.25) is 13.9 Å². The van der Waals surface area contributed by atoms with Gasteiger partial charge in [-0.2, -0.15) is 0 Å². The van der Waals surface area contributed by atoms with Gasteiger partial charge in [0.05, 0.1) is 19.5 Å². The van der Waals surface area contributed by atoms with E-state index in [0.717, 1.165) is 11.3 Å². The van der Waals surface area contributed by atoms with E-state index in [1.807, 2.05) is 24.3 Å². The molecule has 2 heterocycles. The van der Waals surface area contributed by atoms with Crippen molar-refractivity contribution >= 4 is 11.2 Å². The van der Waals surface area contributed by atoms with Crippen LogP contribution in [0.15, 0.2) is 40.2 Å². The summed E-state index contributed by atoms with van der Waals surface area (Å²) < 4.78 is 9.41. The summed E-state index contributed by atoms with van der Waals surface area (Å²) in [7, 11) is 4.99. The van der Waals surface area contributed by atoms with Crippen molar-refractivity contribution in [2.75, 3.05) is 13.7 Å². The molecule has 0 saturated heterocycles. The van der Waals surface area contributed by atoms with Crippen LogP contribution in [0.4, 0.5) is 0 Å². The van der Waals surface area contributed by atoms with Gasteiger partial charge in [-0.15, -0.1) is 0 Å². The third-order valence-electron chi connectivity index (χ3n) is 5.24. The molecule has 30 heavy (non-hydrogen) atoms. The molecule has 0 aliphatic heterocycles. The van der Waals surface area contributed by atoms with Gasteiger partial charge < -0.3 is 19.7 Å². The van der Waals surface area contributed by atoms with Crippen molar-refractivity contribution in [3.63, 3.8) is 0 Å². The zero-order chi connectivity index (χ0) is 21.7. The number of nitrogens with one attached hydrogen (secondary N) is 1. The molecule has 2 aromatic heterocycles. The van der Waals surface area contributed by atoms with Gasteiger partial charge in [0.25, 0.3) is 5.56 Å². The fourth-order valence-corrected chi connectivity index (χ4v) is 3.47. The Bertz CT molecular complexity index is 1100. The molecule has 0 bridgehead atoms. The number of unbranched alkanes of at least 4 members (excludes halogenated alkanes) is 1. The van der Waals surface area contributed by atoms with Gasteiger partial charge in [0.1, 0.15) is 5.75 Å². The molecular weight excluding hydrogens is 386 g/mol. The van der Waals surface area contributed by atoms with Crippen molar-refractivity contribution < 1.29 is 9.84 Å². The minimum atomic E-state index is -0.484. The highest BCUT2D eigenvalue weighted by molar-refractivity contribution is 5.69. The molecule has 1 aromatic carbocycles. The van der Waals surface area contributed by atoms with E-state index in [1.165, 1.54) is 15.5 Å². The number of benzene rings is 1. The van der Waals surface area contributed by atoms with Crippen LogP contribution < -0.4 is 21.3 Å². The second kappa shape index (κ2) is 9.73. The van der Waals surface area contributed by atoms with E-state index in [2.05, 4.69) is 10.3 Å². The number of aliphatic hydroxyl groups excluding tert-OH is 1. The van der Waals surface area contributed by atoms with Gasteiger partial charge in [0.2, 0.25) is 0 Å². The number of hydrogen-bond donors (Lipinski definition) is 2. The lowest BCUT2D eigenvalue weighted by Gasteiger charge is -2.13. The highest BCUT2D eigenvalue weighted by atomic mass is 16.5. The molecule has 0 spiro atoms. The van der Waals surface area contributed by atoms with E-state index in [1.54, 1.807) is 25.8 Å². The fourth-order valence-electron chi connectivity index (χ4n) is 3.47. The predicted octanol–water partition coefficient (Wildman–Crippen LogP) is 0.763. The third kappa shape index (κ3) is 4.80. The second-order valence-electron chi connectivity index (χ2n) is 7.45. The van der Waals surface area contributed by atoms with Crippen molar-refractivity contribution in [2.24, 2.45) is 14.1 Å². The number of hydrogen-bond acceptors (Lipinski definition) is 6. The molecule has 0 saturated carbocycles. The van der Waals surface area contributed by atoms with Crippen LogP contribution in [0.3, 0.4) is 0 Å². The molecule has 0 aliphatic carbocycles. The lowest BCUT2D eigenvalue weighted by molar-refractivity contribution is 0.157. The van der Waals surface area contributed by atoms with Gasteiger partial charge in [-0.25, -0.2) is 9.78 Å². The zero-order valence-corrected chi connectivity index (χ0v) is 17.7. The van der Waals surface area contributed by atoms with Crippen LogP contribution in [0.1, 0.15) is 24.8 Å². The molecule has 0 radical (unpaired) electrons. The van der Waals surface area contributed by atoms with E-state index < -0.39 is 6.10 Å². The molecule has 9 nitrogen and oxygen atoms in total. The topological polar surface area (TPSA) is 103 Å². The number of aromatic nitrogens is 4. The SMILES string of the molecule is COc1ccc(CNCC(O)CCCCn2c(=O)c3c(ncn3C)n(C)c2=O)cc1. The van der Waals surface area contributed by atoms with Crippen LogP contribution >= 0.6 is 0 Å². The number of aliphatic hydroxyl groups is 1. The maximum Gasteiger partial charge on any atom is 0.332 e. The van der Waals surface area contributed by atoms with Gasteiger partial charge in [0, 0.05) is 33.7 Å². The lowest BCUT2D eigenvalue weighted by atomic mass is 10.1. The van der Waals surface area contributed by atoms with E-state index >= 15 is 0 Å². The zero-order valence-electron chi connectivity index (χ0n) is 17.7. The first-order valence-corrected chi connectivity index (χ1v) is 10.0. The minimum Gasteiger partial charge on any atom is -0.497 e. The first-order valence-electron chi connectivity index (χ1n) is 10.0. The summed E-state index contributed by atoms with van der Waals surface area (Å²) in [6.45, 7) is 1.46. The molecule has 3 rings (SSSR count). The first kappa shape index (κ1) is 21.8. The van der Waals surface area contributed by atoms with Crippen molar-refractivity contribution in [1.82, 2.24) is 24.0 Å². The molecule has 3 aromatic rings. The maximum absolute atomic E-state index is 12.6. The highest BCUT2D eigenvalue weighted by Crippen LogP contribution is 2.11. The quantitative estimate of drug-likeness (QED) is 0.474. The van der Waals surface area contributed by atoms with E-state index in [9.17, 15) is 14.7 Å². The summed E-state index contributed by atoms with van der Waals surface area (Å²) in [4.78, 5) is 29.2. The molecule has 2 N–H and O–H groups in total. The van der Waals surface area contributed by atoms with E-state index in [0.29, 0.717) is 50.1 Å². The fraction of sp³-hybridized carbons (Fsp3) is 0.476. The number of methoxy groups -OCH3 is 1. The summed E-state index contributed by atoms with van der Waals surface area (Å²) in [5, 5.41) is 13.4. The van der Waals surface area contributed by atoms with Gasteiger partial charge in [0.15, 0.2) is 11.2 Å². The average molecular weight is 415 g/mol. The number of nitrogens with zero attached hydrogens (tertiary/aromatic N) is 4. The van der Waals surface area contributed by atoms with Crippen LogP contribution in [0.25, 0.3) is 11.2 Å². The van der Waals surface area contributed by atoms with Gasteiger partial charge >= 0.3 is 5.69 Å². The molecule has 1 unspecified atom stereocenters. The molecule has 0 amide bonds. The maximum atomic E-state index is 12.6. The summed E-state index contributed by atoms with van der Waals surface area (Å²) in [6, 6.07) is 7.77. The Labute approximate surface area is 174 Å². The normalized spacial score (nSPS) is 12.4. The number of ether oxygens (including phenoxy) is 1. The van der Waals surface area contributed by atoms with Gasteiger partial charge in [-0.05, 0) is 37.0 Å².